The van der Waals surface area contributed by atoms with Gasteiger partial charge in [-0.25, -0.2) is 0 Å². The van der Waals surface area contributed by atoms with E-state index >= 15 is 0 Å². The van der Waals surface area contributed by atoms with Gasteiger partial charge in [-0.15, -0.1) is 0 Å². The van der Waals surface area contributed by atoms with Crippen LogP contribution in [0.2, 0.25) is 0 Å². The molecule has 0 saturated heterocycles. The minimum atomic E-state index is 0.245. The van der Waals surface area contributed by atoms with Gasteiger partial charge < -0.3 is 10.5 Å². The second-order valence-corrected chi connectivity index (χ2v) is 5.41. The third-order valence-electron chi connectivity index (χ3n) is 3.86. The van der Waals surface area contributed by atoms with Gasteiger partial charge in [0.15, 0.2) is 0 Å². The summed E-state index contributed by atoms with van der Waals surface area (Å²) >= 11 is 0. The maximum absolute atomic E-state index is 6.03. The van der Waals surface area contributed by atoms with E-state index in [1.165, 1.54) is 22.3 Å². The molecule has 3 nitrogen and oxygen atoms in total. The van der Waals surface area contributed by atoms with Gasteiger partial charge in [0, 0.05) is 18.3 Å². The van der Waals surface area contributed by atoms with Crippen molar-refractivity contribution in [3.8, 4) is 5.75 Å². The van der Waals surface area contributed by atoms with Gasteiger partial charge in [-0.2, -0.15) is 0 Å². The molecule has 21 heavy (non-hydrogen) atoms. The molecule has 2 N–H and O–H groups in total. The van der Waals surface area contributed by atoms with Crippen LogP contribution in [-0.4, -0.2) is 18.1 Å². The van der Waals surface area contributed by atoms with Crippen molar-refractivity contribution in [2.24, 2.45) is 5.73 Å². The van der Waals surface area contributed by atoms with Crippen molar-refractivity contribution >= 4 is 0 Å². The Hall–Kier alpha value is -1.87. The summed E-state index contributed by atoms with van der Waals surface area (Å²) < 4.78 is 5.82. The molecule has 0 amide bonds. The van der Waals surface area contributed by atoms with E-state index in [-0.39, 0.29) is 5.92 Å². The Kier molecular flexibility index (Phi) is 5.34. The van der Waals surface area contributed by atoms with E-state index in [9.17, 15) is 0 Å². The van der Waals surface area contributed by atoms with E-state index in [1.807, 2.05) is 19.2 Å². The number of benzene rings is 1. The molecule has 3 heteroatoms. The minimum Gasteiger partial charge on any atom is -0.494 e. The molecule has 0 fully saturated rings. The average Bonchev–Trinajstić information content (AvgIpc) is 2.50. The van der Waals surface area contributed by atoms with Crippen LogP contribution in [0, 0.1) is 13.8 Å². The zero-order chi connectivity index (χ0) is 15.2. The van der Waals surface area contributed by atoms with Gasteiger partial charge in [-0.05, 0) is 68.1 Å². The Morgan fingerprint density at radius 2 is 2.00 bits per heavy atom. The van der Waals surface area contributed by atoms with Crippen molar-refractivity contribution in [2.75, 3.05) is 13.2 Å². The molecule has 2 aromatic rings. The predicted molar refractivity (Wildman–Crippen MR) is 86.8 cm³/mol. The summed E-state index contributed by atoms with van der Waals surface area (Å²) in [5, 5.41) is 0. The summed E-state index contributed by atoms with van der Waals surface area (Å²) in [5.41, 5.74) is 11.0. The normalized spacial score (nSPS) is 12.2. The third-order valence-corrected chi connectivity index (χ3v) is 3.86. The van der Waals surface area contributed by atoms with E-state index in [2.05, 4.69) is 37.0 Å². The van der Waals surface area contributed by atoms with Crippen LogP contribution >= 0.6 is 0 Å². The molecule has 2 rings (SSSR count). The highest BCUT2D eigenvalue weighted by atomic mass is 16.5. The summed E-state index contributed by atoms with van der Waals surface area (Å²) in [5.74, 6) is 1.20. The first kappa shape index (κ1) is 15.5. The Bertz CT molecular complexity index is 581. The van der Waals surface area contributed by atoms with Crippen LogP contribution in [0.15, 0.2) is 36.7 Å². The van der Waals surface area contributed by atoms with Crippen LogP contribution < -0.4 is 10.5 Å². The molecular formula is C18H24N2O. The van der Waals surface area contributed by atoms with Crippen LogP contribution in [0.25, 0.3) is 0 Å². The van der Waals surface area contributed by atoms with Crippen LogP contribution in [0.4, 0.5) is 0 Å². The standard InChI is InChI=1S/C18H24N2O/c1-4-21-18-9-14(3)13(2)8-17(18)16(11-19)10-15-6-5-7-20-12-15/h5-9,12,16H,4,10-11,19H2,1-3H3. The largest absolute Gasteiger partial charge is 0.494 e. The lowest BCUT2D eigenvalue weighted by molar-refractivity contribution is 0.333. The summed E-state index contributed by atoms with van der Waals surface area (Å²) in [4.78, 5) is 4.18. The van der Waals surface area contributed by atoms with Crippen LogP contribution in [-0.2, 0) is 6.42 Å². The molecule has 1 atom stereocenters. The van der Waals surface area contributed by atoms with E-state index < -0.39 is 0 Å². The lowest BCUT2D eigenvalue weighted by Crippen LogP contribution is -2.17. The average molecular weight is 284 g/mol. The predicted octanol–water partition coefficient (Wildman–Crippen LogP) is 3.38. The molecule has 0 bridgehead atoms. The molecule has 1 heterocycles. The lowest BCUT2D eigenvalue weighted by Gasteiger charge is -2.20. The van der Waals surface area contributed by atoms with Crippen molar-refractivity contribution in [1.82, 2.24) is 4.98 Å². The van der Waals surface area contributed by atoms with Gasteiger partial charge in [0.05, 0.1) is 6.61 Å². The van der Waals surface area contributed by atoms with E-state index in [1.54, 1.807) is 6.20 Å². The highest BCUT2D eigenvalue weighted by Gasteiger charge is 2.17. The van der Waals surface area contributed by atoms with Gasteiger partial charge in [0.25, 0.3) is 0 Å². The summed E-state index contributed by atoms with van der Waals surface area (Å²) in [6, 6.07) is 8.40. The van der Waals surface area contributed by atoms with Gasteiger partial charge >= 0.3 is 0 Å². The topological polar surface area (TPSA) is 48.1 Å². The van der Waals surface area contributed by atoms with Gasteiger partial charge in [0.1, 0.15) is 5.75 Å². The number of hydrogen-bond donors (Lipinski definition) is 1. The number of nitrogens with zero attached hydrogens (tertiary/aromatic N) is 1. The molecule has 1 aromatic carbocycles. The van der Waals surface area contributed by atoms with Gasteiger partial charge in [-0.1, -0.05) is 12.1 Å². The van der Waals surface area contributed by atoms with Crippen molar-refractivity contribution in [2.45, 2.75) is 33.1 Å². The molecule has 0 aliphatic rings. The Morgan fingerprint density at radius 1 is 1.24 bits per heavy atom. The number of nitrogens with two attached hydrogens (primary N) is 1. The first-order valence-electron chi connectivity index (χ1n) is 7.48. The molecule has 0 saturated carbocycles. The van der Waals surface area contributed by atoms with Crippen molar-refractivity contribution in [3.05, 3.63) is 58.9 Å². The molecule has 1 aromatic heterocycles. The second kappa shape index (κ2) is 7.23. The first-order chi connectivity index (χ1) is 10.2. The molecule has 0 aliphatic heterocycles. The summed E-state index contributed by atoms with van der Waals surface area (Å²) in [6.07, 6.45) is 4.58. The fourth-order valence-corrected chi connectivity index (χ4v) is 2.54. The lowest BCUT2D eigenvalue weighted by atomic mass is 9.89. The number of aryl methyl sites for hydroxylation is 2. The maximum Gasteiger partial charge on any atom is 0.123 e. The Balaban J connectivity index is 2.34. The van der Waals surface area contributed by atoms with Crippen LogP contribution in [0.1, 0.15) is 35.1 Å². The number of rotatable bonds is 6. The molecule has 1 unspecified atom stereocenters. The van der Waals surface area contributed by atoms with E-state index in [4.69, 9.17) is 10.5 Å². The second-order valence-electron chi connectivity index (χ2n) is 5.41. The zero-order valence-corrected chi connectivity index (χ0v) is 13.1. The first-order valence-corrected chi connectivity index (χ1v) is 7.48. The van der Waals surface area contributed by atoms with Gasteiger partial charge in [0.2, 0.25) is 0 Å². The third kappa shape index (κ3) is 3.82. The fourth-order valence-electron chi connectivity index (χ4n) is 2.54. The highest BCUT2D eigenvalue weighted by molar-refractivity contribution is 5.44. The number of ether oxygens (including phenoxy) is 1. The van der Waals surface area contributed by atoms with Crippen molar-refractivity contribution in [1.29, 1.82) is 0 Å². The SMILES string of the molecule is CCOc1cc(C)c(C)cc1C(CN)Cc1cccnc1. The van der Waals surface area contributed by atoms with Gasteiger partial charge in [-0.3, -0.25) is 4.98 Å². The van der Waals surface area contributed by atoms with Crippen LogP contribution in [0.3, 0.4) is 0 Å². The Morgan fingerprint density at radius 3 is 2.62 bits per heavy atom. The summed E-state index contributed by atoms with van der Waals surface area (Å²) in [6.45, 7) is 7.51. The van der Waals surface area contributed by atoms with E-state index in [0.29, 0.717) is 13.2 Å². The number of aromatic nitrogens is 1. The molecule has 0 spiro atoms. The van der Waals surface area contributed by atoms with Crippen molar-refractivity contribution < 1.29 is 4.74 Å². The molecule has 0 aliphatic carbocycles. The number of hydrogen-bond acceptors (Lipinski definition) is 3. The molecule has 0 radical (unpaired) electrons. The smallest absolute Gasteiger partial charge is 0.123 e. The minimum absolute atomic E-state index is 0.245. The zero-order valence-electron chi connectivity index (χ0n) is 13.1. The fraction of sp³-hybridized carbons (Fsp3) is 0.389. The highest BCUT2D eigenvalue weighted by Crippen LogP contribution is 2.31. The molecule has 112 valence electrons. The maximum atomic E-state index is 6.03. The summed E-state index contributed by atoms with van der Waals surface area (Å²) in [7, 11) is 0. The quantitative estimate of drug-likeness (QED) is 0.884. The van der Waals surface area contributed by atoms with Crippen molar-refractivity contribution in [3.63, 3.8) is 0 Å². The molecular weight excluding hydrogens is 260 g/mol. The number of pyridine rings is 1. The Labute approximate surface area is 127 Å². The monoisotopic (exact) mass is 284 g/mol. The van der Waals surface area contributed by atoms with Crippen LogP contribution in [0.5, 0.6) is 5.75 Å². The van der Waals surface area contributed by atoms with E-state index in [0.717, 1.165) is 12.2 Å².